The van der Waals surface area contributed by atoms with Gasteiger partial charge in [-0.25, -0.2) is 0 Å². The summed E-state index contributed by atoms with van der Waals surface area (Å²) in [5, 5.41) is 40.8. The summed E-state index contributed by atoms with van der Waals surface area (Å²) in [5.41, 5.74) is 2.03. The Labute approximate surface area is 245 Å². The van der Waals surface area contributed by atoms with Gasteiger partial charge in [0.25, 0.3) is 0 Å². The second-order valence-electron chi connectivity index (χ2n) is 8.38. The van der Waals surface area contributed by atoms with Crippen LogP contribution in [-0.2, 0) is 38.6 Å². The summed E-state index contributed by atoms with van der Waals surface area (Å²) >= 11 is 0. The molecule has 0 amide bonds. The molecule has 4 N–H and O–H groups in total. The van der Waals surface area contributed by atoms with Gasteiger partial charge in [-0.1, -0.05) is 36.4 Å². The molecule has 8 nitrogen and oxygen atoms in total. The van der Waals surface area contributed by atoms with Crippen molar-refractivity contribution in [3.05, 3.63) is 95.1 Å². The molecule has 0 radical (unpaired) electrons. The number of hydrogen-bond acceptors (Lipinski definition) is 8. The van der Waals surface area contributed by atoms with Crippen molar-refractivity contribution in [3.63, 3.8) is 0 Å². The molecule has 4 aromatic carbocycles. The molecule has 1 aliphatic carbocycles. The summed E-state index contributed by atoms with van der Waals surface area (Å²) in [6, 6.07) is 20.2. The molecule has 0 aliphatic heterocycles. The Balaban J connectivity index is 0.00000210. The first-order chi connectivity index (χ1) is 17.9. The smallest absolute Gasteiger partial charge is 0.202 e. The van der Waals surface area contributed by atoms with Crippen molar-refractivity contribution >= 4 is 12.4 Å². The van der Waals surface area contributed by atoms with Crippen molar-refractivity contribution in [3.8, 4) is 45.6 Å². The fourth-order valence-electron chi connectivity index (χ4n) is 4.59. The molecule has 0 bridgehead atoms. The summed E-state index contributed by atoms with van der Waals surface area (Å²) in [4.78, 5) is 9.76. The van der Waals surface area contributed by atoms with E-state index in [-0.39, 0.29) is 67.1 Å². The van der Waals surface area contributed by atoms with Gasteiger partial charge in [0.05, 0.1) is 14.2 Å². The van der Waals surface area contributed by atoms with Gasteiger partial charge >= 0.3 is 0 Å². The molecule has 10 heteroatoms. The van der Waals surface area contributed by atoms with E-state index in [0.717, 1.165) is 11.1 Å². The predicted molar refractivity (Wildman–Crippen MR) is 140 cm³/mol. The van der Waals surface area contributed by atoms with E-state index >= 15 is 0 Å². The summed E-state index contributed by atoms with van der Waals surface area (Å²) in [5.74, 6) is 0.00631. The summed E-state index contributed by atoms with van der Waals surface area (Å²) in [7, 11) is 3.15. The Kier molecular flexibility index (Phi) is 8.95. The standard InChI is InChI=1S/C29H24N2O6.2Ni/c1-36-23-13-5-9-19-25(23)26-20(10-6-14-24(26)37-2)29(19,30-15-17-7-3-11-21(32)27(17)34)31-16-18-8-4-12-22(33)28(18)35;;/h3-16,32-35H,1-2H3;;/b30-15+,31-16+;;. The van der Waals surface area contributed by atoms with Crippen LogP contribution < -0.4 is 9.47 Å². The number of benzene rings is 4. The van der Waals surface area contributed by atoms with Crippen molar-refractivity contribution in [2.24, 2.45) is 9.98 Å². The van der Waals surface area contributed by atoms with Crippen LogP contribution in [0, 0.1) is 0 Å². The number of phenols is 4. The minimum Gasteiger partial charge on any atom is -0.504 e. The van der Waals surface area contributed by atoms with E-state index < -0.39 is 5.66 Å². The molecule has 0 aromatic heterocycles. The van der Waals surface area contributed by atoms with Crippen LogP contribution in [0.5, 0.6) is 34.5 Å². The monoisotopic (exact) mass is 612 g/mol. The maximum absolute atomic E-state index is 10.4. The van der Waals surface area contributed by atoms with E-state index in [1.54, 1.807) is 38.5 Å². The largest absolute Gasteiger partial charge is 0.504 e. The van der Waals surface area contributed by atoms with E-state index in [0.29, 0.717) is 22.6 Å². The van der Waals surface area contributed by atoms with Gasteiger partial charge in [-0.2, -0.15) is 0 Å². The first-order valence-electron chi connectivity index (χ1n) is 11.4. The second-order valence-corrected chi connectivity index (χ2v) is 8.38. The van der Waals surface area contributed by atoms with Gasteiger partial charge in [0.15, 0.2) is 23.0 Å². The van der Waals surface area contributed by atoms with Crippen molar-refractivity contribution in [1.82, 2.24) is 0 Å². The molecule has 5 rings (SSSR count). The summed E-state index contributed by atoms with van der Waals surface area (Å²) in [6.45, 7) is 0. The van der Waals surface area contributed by atoms with Gasteiger partial charge in [-0.3, -0.25) is 9.98 Å². The fraction of sp³-hybridized carbons (Fsp3) is 0.103. The SMILES string of the molecule is COc1cccc2c1-c1c(OC)cccc1C2(/N=C/c1cccc(O)c1O)/N=C/c1cccc(O)c1O.[Ni].[Ni]. The Hall–Kier alpha value is -3.99. The van der Waals surface area contributed by atoms with Gasteiger partial charge in [0.1, 0.15) is 11.5 Å². The van der Waals surface area contributed by atoms with Crippen LogP contribution >= 0.6 is 0 Å². The first kappa shape index (κ1) is 29.6. The van der Waals surface area contributed by atoms with Crippen LogP contribution in [0.1, 0.15) is 22.3 Å². The van der Waals surface area contributed by atoms with Crippen LogP contribution in [-0.4, -0.2) is 47.1 Å². The molecule has 0 fully saturated rings. The molecule has 0 spiro atoms. The van der Waals surface area contributed by atoms with Gasteiger partial charge in [-0.05, 0) is 36.4 Å². The minimum absolute atomic E-state index is 0. The van der Waals surface area contributed by atoms with Gasteiger partial charge in [0, 0.05) is 78.8 Å². The number of ether oxygens (including phenoxy) is 2. The van der Waals surface area contributed by atoms with Gasteiger partial charge in [-0.15, -0.1) is 0 Å². The van der Waals surface area contributed by atoms with Crippen molar-refractivity contribution in [2.45, 2.75) is 5.66 Å². The zero-order chi connectivity index (χ0) is 26.2. The van der Waals surface area contributed by atoms with Crippen molar-refractivity contribution < 1.29 is 62.9 Å². The number of para-hydroxylation sites is 2. The predicted octanol–water partition coefficient (Wildman–Crippen LogP) is 4.94. The number of aromatic hydroxyl groups is 4. The molecule has 0 heterocycles. The number of hydrogen-bond donors (Lipinski definition) is 4. The number of methoxy groups -OCH3 is 2. The van der Waals surface area contributed by atoms with E-state index in [2.05, 4.69) is 0 Å². The number of fused-ring (bicyclic) bond motifs is 3. The Morgan fingerprint density at radius 2 is 0.974 bits per heavy atom. The van der Waals surface area contributed by atoms with E-state index in [9.17, 15) is 20.4 Å². The fourth-order valence-corrected chi connectivity index (χ4v) is 4.59. The molecule has 0 atom stereocenters. The van der Waals surface area contributed by atoms with E-state index in [1.807, 2.05) is 36.4 Å². The van der Waals surface area contributed by atoms with E-state index in [4.69, 9.17) is 19.5 Å². The van der Waals surface area contributed by atoms with Gasteiger partial charge in [0.2, 0.25) is 5.66 Å². The molecule has 1 aliphatic rings. The number of phenolic OH excluding ortho intramolecular Hbond substituents is 4. The molecular formula is C29H24N2Ni2O6. The molecule has 4 aromatic rings. The van der Waals surface area contributed by atoms with E-state index in [1.165, 1.54) is 24.6 Å². The molecule has 0 saturated carbocycles. The quantitative estimate of drug-likeness (QED) is 0.139. The molecule has 0 unspecified atom stereocenters. The zero-order valence-corrected chi connectivity index (χ0v) is 22.7. The average Bonchev–Trinajstić information content (AvgIpc) is 3.20. The van der Waals surface area contributed by atoms with Crippen LogP contribution in [0.25, 0.3) is 11.1 Å². The van der Waals surface area contributed by atoms with Crippen LogP contribution in [0.3, 0.4) is 0 Å². The number of rotatable bonds is 6. The average molecular weight is 614 g/mol. The molecule has 206 valence electrons. The molecular weight excluding hydrogens is 590 g/mol. The molecule has 39 heavy (non-hydrogen) atoms. The van der Waals surface area contributed by atoms with Crippen molar-refractivity contribution in [1.29, 1.82) is 0 Å². The maximum atomic E-state index is 10.4. The second kappa shape index (κ2) is 11.8. The normalized spacial score (nSPS) is 12.9. The zero-order valence-electron chi connectivity index (χ0n) is 20.7. The third-order valence-corrected chi connectivity index (χ3v) is 6.37. The summed E-state index contributed by atoms with van der Waals surface area (Å²) in [6.07, 6.45) is 2.87. The Morgan fingerprint density at radius 3 is 1.36 bits per heavy atom. The topological polar surface area (TPSA) is 124 Å². The first-order valence-corrected chi connectivity index (χ1v) is 11.4. The Bertz CT molecular complexity index is 1450. The van der Waals surface area contributed by atoms with Gasteiger partial charge < -0.3 is 29.9 Å². The Morgan fingerprint density at radius 1 is 0.590 bits per heavy atom. The third kappa shape index (κ3) is 4.94. The maximum Gasteiger partial charge on any atom is 0.202 e. The van der Waals surface area contributed by atoms with Crippen LogP contribution in [0.15, 0.2) is 82.8 Å². The van der Waals surface area contributed by atoms with Crippen LogP contribution in [0.4, 0.5) is 0 Å². The summed E-state index contributed by atoms with van der Waals surface area (Å²) < 4.78 is 11.4. The molecule has 0 saturated heterocycles. The van der Waals surface area contributed by atoms with Crippen molar-refractivity contribution in [2.75, 3.05) is 14.2 Å². The number of nitrogens with zero attached hydrogens (tertiary/aromatic N) is 2. The number of aliphatic imine (C=N–C) groups is 2. The third-order valence-electron chi connectivity index (χ3n) is 6.37. The minimum atomic E-state index is -1.39. The van der Waals surface area contributed by atoms with Crippen LogP contribution in [0.2, 0.25) is 0 Å².